The van der Waals surface area contributed by atoms with Gasteiger partial charge < -0.3 is 38.8 Å². The van der Waals surface area contributed by atoms with E-state index in [1.807, 2.05) is 31.2 Å². The van der Waals surface area contributed by atoms with Crippen molar-refractivity contribution in [1.29, 1.82) is 0 Å². The number of allylic oxidation sites excluding steroid dienone is 1. The van der Waals surface area contributed by atoms with Crippen LogP contribution in [0.25, 0.3) is 0 Å². The molecule has 4 rings (SSSR count). The standard InChI is InChI=1S/C28H34FNO8/c1-2-35-28-22(9-11-33-13-14-34-12-10-31)23(20-5-8-24-25(15-20)37-18-36-24)16-26(38-28)27(32)30-17-19-3-6-21(29)7-4-19/h3-8,15-16,22-23,28,31H,2,9-14,17-18H2,1H3,(H,30,32)/t22-,23-,28-/m1/s1. The van der Waals surface area contributed by atoms with Crippen LogP contribution in [0.15, 0.2) is 54.3 Å². The van der Waals surface area contributed by atoms with Crippen LogP contribution in [0.1, 0.15) is 30.4 Å². The first-order valence-electron chi connectivity index (χ1n) is 12.8. The molecule has 0 bridgehead atoms. The van der Waals surface area contributed by atoms with Crippen LogP contribution in [0.3, 0.4) is 0 Å². The minimum absolute atomic E-state index is 0.0290. The van der Waals surface area contributed by atoms with Crippen molar-refractivity contribution >= 4 is 5.91 Å². The fourth-order valence-electron chi connectivity index (χ4n) is 4.42. The molecule has 1 amide bonds. The molecule has 38 heavy (non-hydrogen) atoms. The first-order chi connectivity index (χ1) is 18.6. The minimum Gasteiger partial charge on any atom is -0.459 e. The summed E-state index contributed by atoms with van der Waals surface area (Å²) in [5.74, 6) is 0.373. The first kappa shape index (κ1) is 27.8. The molecule has 0 saturated heterocycles. The number of nitrogens with one attached hydrogen (secondary N) is 1. The van der Waals surface area contributed by atoms with Gasteiger partial charge in [-0.15, -0.1) is 0 Å². The summed E-state index contributed by atoms with van der Waals surface area (Å²) in [6.45, 7) is 4.12. The lowest BCUT2D eigenvalue weighted by Crippen LogP contribution is -2.39. The second-order valence-corrected chi connectivity index (χ2v) is 8.82. The summed E-state index contributed by atoms with van der Waals surface area (Å²) in [6, 6.07) is 11.7. The molecule has 0 unspecified atom stereocenters. The Labute approximate surface area is 221 Å². The molecule has 9 nitrogen and oxygen atoms in total. The summed E-state index contributed by atoms with van der Waals surface area (Å²) in [4.78, 5) is 13.1. The molecular formula is C28H34FNO8. The summed E-state index contributed by atoms with van der Waals surface area (Å²) >= 11 is 0. The molecule has 2 aliphatic rings. The van der Waals surface area contributed by atoms with Gasteiger partial charge in [-0.2, -0.15) is 0 Å². The number of halogens is 1. The quantitative estimate of drug-likeness (QED) is 0.358. The van der Waals surface area contributed by atoms with E-state index < -0.39 is 6.29 Å². The Balaban J connectivity index is 1.51. The molecule has 206 valence electrons. The number of aliphatic hydroxyl groups is 1. The highest BCUT2D eigenvalue weighted by molar-refractivity contribution is 5.91. The molecule has 0 aliphatic carbocycles. The van der Waals surface area contributed by atoms with Gasteiger partial charge in [-0.1, -0.05) is 18.2 Å². The van der Waals surface area contributed by atoms with Gasteiger partial charge in [0.2, 0.25) is 13.1 Å². The molecule has 0 spiro atoms. The molecule has 0 radical (unpaired) electrons. The molecule has 10 heteroatoms. The van der Waals surface area contributed by atoms with Crippen molar-refractivity contribution in [3.8, 4) is 11.5 Å². The Kier molecular flexibility index (Phi) is 10.3. The van der Waals surface area contributed by atoms with Crippen LogP contribution < -0.4 is 14.8 Å². The van der Waals surface area contributed by atoms with Crippen LogP contribution in [-0.2, 0) is 30.3 Å². The molecule has 3 atom stereocenters. The van der Waals surface area contributed by atoms with Gasteiger partial charge in [0, 0.05) is 31.6 Å². The van der Waals surface area contributed by atoms with Gasteiger partial charge in [0.1, 0.15) is 5.82 Å². The Morgan fingerprint density at radius 2 is 1.82 bits per heavy atom. The van der Waals surface area contributed by atoms with E-state index in [1.54, 1.807) is 12.1 Å². The predicted molar refractivity (Wildman–Crippen MR) is 135 cm³/mol. The van der Waals surface area contributed by atoms with Crippen LogP contribution in [0.4, 0.5) is 4.39 Å². The summed E-state index contributed by atoms with van der Waals surface area (Å²) in [6.07, 6.45) is 1.73. The molecule has 2 aliphatic heterocycles. The highest BCUT2D eigenvalue weighted by Gasteiger charge is 2.38. The van der Waals surface area contributed by atoms with E-state index in [4.69, 9.17) is 33.5 Å². The van der Waals surface area contributed by atoms with Crippen molar-refractivity contribution in [2.24, 2.45) is 5.92 Å². The van der Waals surface area contributed by atoms with Crippen molar-refractivity contribution in [3.63, 3.8) is 0 Å². The second kappa shape index (κ2) is 14.1. The molecule has 0 fully saturated rings. The smallest absolute Gasteiger partial charge is 0.286 e. The van der Waals surface area contributed by atoms with Gasteiger partial charge in [-0.3, -0.25) is 4.79 Å². The molecule has 2 heterocycles. The highest BCUT2D eigenvalue weighted by atomic mass is 19.1. The third kappa shape index (κ3) is 7.44. The number of hydrogen-bond acceptors (Lipinski definition) is 8. The number of rotatable bonds is 14. The van der Waals surface area contributed by atoms with Crippen LogP contribution in [0.2, 0.25) is 0 Å². The van der Waals surface area contributed by atoms with Crippen molar-refractivity contribution in [2.75, 3.05) is 46.4 Å². The number of aliphatic hydroxyl groups excluding tert-OH is 1. The van der Waals surface area contributed by atoms with E-state index in [0.717, 1.165) is 11.1 Å². The van der Waals surface area contributed by atoms with Gasteiger partial charge in [0.05, 0.1) is 26.4 Å². The van der Waals surface area contributed by atoms with Crippen LogP contribution in [0.5, 0.6) is 11.5 Å². The number of fused-ring (bicyclic) bond motifs is 1. The van der Waals surface area contributed by atoms with E-state index in [1.165, 1.54) is 12.1 Å². The normalized spacial score (nSPS) is 20.1. The third-order valence-corrected chi connectivity index (χ3v) is 6.29. The number of carbonyl (C=O) groups is 1. The van der Waals surface area contributed by atoms with E-state index in [9.17, 15) is 9.18 Å². The van der Waals surface area contributed by atoms with E-state index in [2.05, 4.69) is 5.32 Å². The van der Waals surface area contributed by atoms with E-state index >= 15 is 0 Å². The van der Waals surface area contributed by atoms with Crippen molar-refractivity contribution in [3.05, 3.63) is 71.2 Å². The van der Waals surface area contributed by atoms with Crippen molar-refractivity contribution in [1.82, 2.24) is 5.32 Å². The average Bonchev–Trinajstić information content (AvgIpc) is 3.40. The highest BCUT2D eigenvalue weighted by Crippen LogP contribution is 2.42. The Bertz CT molecular complexity index is 1080. The Morgan fingerprint density at radius 1 is 1.05 bits per heavy atom. The maximum atomic E-state index is 13.2. The molecule has 2 N–H and O–H groups in total. The molecule has 0 aromatic heterocycles. The second-order valence-electron chi connectivity index (χ2n) is 8.82. The maximum Gasteiger partial charge on any atom is 0.286 e. The summed E-state index contributed by atoms with van der Waals surface area (Å²) in [5, 5.41) is 11.7. The lowest BCUT2D eigenvalue weighted by atomic mass is 9.81. The number of amides is 1. The monoisotopic (exact) mass is 531 g/mol. The first-order valence-corrected chi connectivity index (χ1v) is 12.8. The molecule has 0 saturated carbocycles. The zero-order valence-corrected chi connectivity index (χ0v) is 21.4. The minimum atomic E-state index is -0.679. The molecular weight excluding hydrogens is 497 g/mol. The van der Waals surface area contributed by atoms with Crippen molar-refractivity contribution < 1.29 is 42.7 Å². The third-order valence-electron chi connectivity index (χ3n) is 6.29. The zero-order chi connectivity index (χ0) is 26.7. The number of hydrogen-bond donors (Lipinski definition) is 2. The van der Waals surface area contributed by atoms with E-state index in [-0.39, 0.29) is 55.9 Å². The Hall–Kier alpha value is -3.18. The van der Waals surface area contributed by atoms with E-state index in [0.29, 0.717) is 44.3 Å². The number of carbonyl (C=O) groups excluding carboxylic acids is 1. The van der Waals surface area contributed by atoms with Gasteiger partial charge >= 0.3 is 0 Å². The zero-order valence-electron chi connectivity index (χ0n) is 21.4. The predicted octanol–water partition coefficient (Wildman–Crippen LogP) is 3.26. The van der Waals surface area contributed by atoms with Gasteiger partial charge in [0.15, 0.2) is 17.3 Å². The van der Waals surface area contributed by atoms with Crippen LogP contribution in [-0.4, -0.2) is 63.7 Å². The topological polar surface area (TPSA) is 105 Å². The average molecular weight is 532 g/mol. The summed E-state index contributed by atoms with van der Waals surface area (Å²) in [5.41, 5.74) is 1.70. The van der Waals surface area contributed by atoms with Crippen LogP contribution >= 0.6 is 0 Å². The maximum absolute atomic E-state index is 13.2. The van der Waals surface area contributed by atoms with Gasteiger partial charge in [0.25, 0.3) is 5.91 Å². The largest absolute Gasteiger partial charge is 0.459 e. The SMILES string of the molecule is CCO[C@@H]1OC(C(=O)NCc2ccc(F)cc2)=C[C@H](c2ccc3c(c2)OCO3)[C@H]1CCOCCOCCO. The molecule has 2 aromatic rings. The summed E-state index contributed by atoms with van der Waals surface area (Å²) < 4.78 is 47.3. The lowest BCUT2D eigenvalue weighted by Gasteiger charge is -2.37. The molecule has 2 aromatic carbocycles. The number of benzene rings is 2. The Morgan fingerprint density at radius 3 is 2.58 bits per heavy atom. The van der Waals surface area contributed by atoms with Crippen LogP contribution in [0, 0.1) is 11.7 Å². The number of ether oxygens (including phenoxy) is 6. The fraction of sp³-hybridized carbons (Fsp3) is 0.464. The fourth-order valence-corrected chi connectivity index (χ4v) is 4.42. The lowest BCUT2D eigenvalue weighted by molar-refractivity contribution is -0.168. The van der Waals surface area contributed by atoms with Gasteiger partial charge in [-0.05, 0) is 54.8 Å². The van der Waals surface area contributed by atoms with Crippen molar-refractivity contribution in [2.45, 2.75) is 32.1 Å². The van der Waals surface area contributed by atoms with Gasteiger partial charge in [-0.25, -0.2) is 4.39 Å². The summed E-state index contributed by atoms with van der Waals surface area (Å²) in [7, 11) is 0.